The number of nitrogens with one attached hydrogen (secondary N) is 1. The summed E-state index contributed by atoms with van der Waals surface area (Å²) in [5.74, 6) is 3.74. The number of rotatable bonds is 5. The minimum Gasteiger partial charge on any atom is -0.354 e. The largest absolute Gasteiger partial charge is 0.354 e. The van der Waals surface area contributed by atoms with Crippen LogP contribution in [0.2, 0.25) is 0 Å². The molecular weight excluding hydrogens is 480 g/mol. The quantitative estimate of drug-likeness (QED) is 0.360. The molecule has 0 spiro atoms. The molecule has 0 bridgehead atoms. The smallest absolute Gasteiger partial charge is 0.226 e. The molecule has 0 saturated heterocycles. The van der Waals surface area contributed by atoms with Gasteiger partial charge in [0.15, 0.2) is 0 Å². The van der Waals surface area contributed by atoms with Crippen molar-refractivity contribution in [1.82, 2.24) is 5.32 Å². The van der Waals surface area contributed by atoms with Crippen molar-refractivity contribution in [1.29, 1.82) is 0 Å². The van der Waals surface area contributed by atoms with Crippen molar-refractivity contribution in [3.05, 3.63) is 12.2 Å². The molecule has 5 aliphatic rings. The van der Waals surface area contributed by atoms with Gasteiger partial charge in [0, 0.05) is 6.54 Å². The summed E-state index contributed by atoms with van der Waals surface area (Å²) in [6, 6.07) is -0.622. The third-order valence-corrected chi connectivity index (χ3v) is 15.1. The summed E-state index contributed by atoms with van der Waals surface area (Å²) in [6.07, 6.45) is 12.1. The first-order valence-electron chi connectivity index (χ1n) is 16.3. The number of hydrogen-bond acceptors (Lipinski definition) is 3. The Morgan fingerprint density at radius 2 is 1.56 bits per heavy atom. The van der Waals surface area contributed by atoms with Crippen LogP contribution in [0.3, 0.4) is 0 Å². The van der Waals surface area contributed by atoms with Crippen LogP contribution in [0.5, 0.6) is 0 Å². The summed E-state index contributed by atoms with van der Waals surface area (Å²) >= 11 is 0. The van der Waals surface area contributed by atoms with E-state index in [2.05, 4.69) is 60.4 Å². The predicted octanol–water partition coefficient (Wildman–Crippen LogP) is 7.31. The van der Waals surface area contributed by atoms with Gasteiger partial charge >= 0.3 is 0 Å². The molecule has 0 aliphatic heterocycles. The summed E-state index contributed by atoms with van der Waals surface area (Å²) < 4.78 is 0. The predicted molar refractivity (Wildman–Crippen MR) is 160 cm³/mol. The van der Waals surface area contributed by atoms with Crippen LogP contribution in [-0.4, -0.2) is 24.3 Å². The zero-order chi connectivity index (χ0) is 28.8. The third-order valence-electron chi connectivity index (χ3n) is 15.1. The van der Waals surface area contributed by atoms with E-state index in [1.165, 1.54) is 51.0 Å². The SMILES string of the molecule is C=C(C)C1CCC2(C(=O)NCC(N)C(C)=O)CCC3(C)C(CCC4C5(C)CCC(C)C(C)(C)C5CCC43C)C12. The fourth-order valence-corrected chi connectivity index (χ4v) is 12.2. The summed E-state index contributed by atoms with van der Waals surface area (Å²) in [4.78, 5) is 25.9. The maximum absolute atomic E-state index is 14.1. The normalized spacial score (nSPS) is 49.1. The maximum Gasteiger partial charge on any atom is 0.226 e. The van der Waals surface area contributed by atoms with Crippen LogP contribution in [0, 0.1) is 62.6 Å². The number of carbonyl (C=O) groups excluding carboxylic acids is 2. The number of Topliss-reactive ketones (excluding diaryl/α,β-unsaturated/α-hetero) is 1. The average molecular weight is 539 g/mol. The van der Waals surface area contributed by atoms with Crippen LogP contribution in [0.25, 0.3) is 0 Å². The van der Waals surface area contributed by atoms with Gasteiger partial charge in [-0.15, -0.1) is 0 Å². The van der Waals surface area contributed by atoms with Crippen LogP contribution >= 0.6 is 0 Å². The highest BCUT2D eigenvalue weighted by Crippen LogP contribution is 2.77. The molecule has 1 amide bonds. The summed E-state index contributed by atoms with van der Waals surface area (Å²) in [7, 11) is 0. The van der Waals surface area contributed by atoms with Crippen LogP contribution in [0.4, 0.5) is 0 Å². The second-order valence-electron chi connectivity index (χ2n) is 16.5. The molecule has 5 aliphatic carbocycles. The van der Waals surface area contributed by atoms with E-state index in [-0.39, 0.29) is 29.1 Å². The average Bonchev–Trinajstić information content (AvgIpc) is 3.26. The molecule has 0 heterocycles. The molecule has 0 aromatic heterocycles. The number of ketones is 1. The minimum absolute atomic E-state index is 0.0672. The van der Waals surface area contributed by atoms with Crippen molar-refractivity contribution >= 4 is 11.7 Å². The van der Waals surface area contributed by atoms with Gasteiger partial charge in [0.25, 0.3) is 0 Å². The molecule has 220 valence electrons. The number of nitrogens with two attached hydrogens (primary N) is 1. The van der Waals surface area contributed by atoms with Gasteiger partial charge in [0.2, 0.25) is 5.91 Å². The Labute approximate surface area is 239 Å². The van der Waals surface area contributed by atoms with Crippen LogP contribution in [-0.2, 0) is 9.59 Å². The number of fused-ring (bicyclic) bond motifs is 7. The van der Waals surface area contributed by atoms with E-state index in [4.69, 9.17) is 5.73 Å². The lowest BCUT2D eigenvalue weighted by Crippen LogP contribution is -2.67. The van der Waals surface area contributed by atoms with Crippen molar-refractivity contribution in [2.75, 3.05) is 6.54 Å². The summed E-state index contributed by atoms with van der Waals surface area (Å²) in [5, 5.41) is 3.17. The molecule has 4 nitrogen and oxygen atoms in total. The lowest BCUT2D eigenvalue weighted by Gasteiger charge is -2.73. The Kier molecular flexibility index (Phi) is 7.09. The lowest BCUT2D eigenvalue weighted by atomic mass is 9.32. The summed E-state index contributed by atoms with van der Waals surface area (Å²) in [6.45, 7) is 24.1. The van der Waals surface area contributed by atoms with Crippen molar-refractivity contribution in [2.45, 2.75) is 126 Å². The fraction of sp³-hybridized carbons (Fsp3) is 0.886. The highest BCUT2D eigenvalue weighted by atomic mass is 16.2. The highest BCUT2D eigenvalue weighted by Gasteiger charge is 2.71. The zero-order valence-electron chi connectivity index (χ0n) is 26.4. The highest BCUT2D eigenvalue weighted by molar-refractivity contribution is 5.86. The molecule has 39 heavy (non-hydrogen) atoms. The molecule has 11 unspecified atom stereocenters. The van der Waals surface area contributed by atoms with E-state index in [1.807, 2.05) is 0 Å². The molecule has 5 saturated carbocycles. The van der Waals surface area contributed by atoms with Gasteiger partial charge in [-0.2, -0.15) is 0 Å². The van der Waals surface area contributed by atoms with Gasteiger partial charge in [-0.05, 0) is 135 Å². The number of carbonyl (C=O) groups is 2. The molecule has 0 radical (unpaired) electrons. The van der Waals surface area contributed by atoms with Crippen LogP contribution < -0.4 is 11.1 Å². The second kappa shape index (κ2) is 9.43. The van der Waals surface area contributed by atoms with Crippen molar-refractivity contribution in [3.63, 3.8) is 0 Å². The minimum atomic E-state index is -0.622. The Balaban J connectivity index is 1.50. The standard InChI is InChI=1S/C35H58N2O2/c1-21(2)24-13-17-35(30(39)37-20-26(36)23(4)38)19-18-33(8)25(29(24)35)10-11-28-32(7)15-12-22(3)31(5,6)27(32)14-16-34(28,33)9/h22,24-29H,1,10-20,36H2,2-9H3,(H,37,39). The first-order chi connectivity index (χ1) is 18.1. The third kappa shape index (κ3) is 3.92. The van der Waals surface area contributed by atoms with Gasteiger partial charge in [0.05, 0.1) is 11.5 Å². The molecule has 0 aromatic carbocycles. The Bertz CT molecular complexity index is 1030. The Morgan fingerprint density at radius 1 is 0.872 bits per heavy atom. The van der Waals surface area contributed by atoms with Gasteiger partial charge in [-0.1, -0.05) is 53.7 Å². The molecule has 4 heteroatoms. The zero-order valence-corrected chi connectivity index (χ0v) is 26.4. The first kappa shape index (κ1) is 29.3. The van der Waals surface area contributed by atoms with Gasteiger partial charge < -0.3 is 11.1 Å². The van der Waals surface area contributed by atoms with Gasteiger partial charge in [-0.3, -0.25) is 9.59 Å². The van der Waals surface area contributed by atoms with Gasteiger partial charge in [0.1, 0.15) is 5.78 Å². The Hall–Kier alpha value is -1.16. The van der Waals surface area contributed by atoms with E-state index in [9.17, 15) is 9.59 Å². The van der Waals surface area contributed by atoms with Crippen molar-refractivity contribution < 1.29 is 9.59 Å². The molecule has 11 atom stereocenters. The van der Waals surface area contributed by atoms with E-state index in [0.29, 0.717) is 34.0 Å². The fourth-order valence-electron chi connectivity index (χ4n) is 12.2. The monoisotopic (exact) mass is 538 g/mol. The van der Waals surface area contributed by atoms with E-state index in [1.54, 1.807) is 0 Å². The topological polar surface area (TPSA) is 72.2 Å². The number of hydrogen-bond donors (Lipinski definition) is 2. The molecule has 3 N–H and O–H groups in total. The van der Waals surface area contributed by atoms with Crippen LogP contribution in [0.1, 0.15) is 120 Å². The summed E-state index contributed by atoms with van der Waals surface area (Å²) in [5.41, 5.74) is 8.30. The van der Waals surface area contributed by atoms with E-state index >= 15 is 0 Å². The Morgan fingerprint density at radius 3 is 2.21 bits per heavy atom. The number of allylic oxidation sites excluding steroid dienone is 1. The van der Waals surface area contributed by atoms with Crippen molar-refractivity contribution in [3.8, 4) is 0 Å². The lowest BCUT2D eigenvalue weighted by molar-refractivity contribution is -0.240. The second-order valence-corrected chi connectivity index (χ2v) is 16.5. The molecule has 0 aromatic rings. The van der Waals surface area contributed by atoms with Crippen molar-refractivity contribution in [2.24, 2.45) is 68.3 Å². The van der Waals surface area contributed by atoms with Crippen LogP contribution in [0.15, 0.2) is 12.2 Å². The van der Waals surface area contributed by atoms with E-state index < -0.39 is 6.04 Å². The first-order valence-corrected chi connectivity index (χ1v) is 16.3. The number of amides is 1. The molecular formula is C35H58N2O2. The van der Waals surface area contributed by atoms with Gasteiger partial charge in [-0.25, -0.2) is 0 Å². The maximum atomic E-state index is 14.1. The molecule has 5 fully saturated rings. The van der Waals surface area contributed by atoms with E-state index in [0.717, 1.165) is 43.4 Å². The molecule has 5 rings (SSSR count).